The molecule has 118 valence electrons. The quantitative estimate of drug-likeness (QED) is 0.847. The van der Waals surface area contributed by atoms with Crippen molar-refractivity contribution in [2.45, 2.75) is 44.6 Å². The third-order valence-corrected chi connectivity index (χ3v) is 3.98. The van der Waals surface area contributed by atoms with Gasteiger partial charge in [-0.05, 0) is 19.9 Å². The normalized spacial score (nSPS) is 27.0. The average Bonchev–Trinajstić information content (AvgIpc) is 2.76. The molecular weight excluding hydrogens is 280 g/mol. The van der Waals surface area contributed by atoms with E-state index in [-0.39, 0.29) is 17.9 Å². The van der Waals surface area contributed by atoms with Gasteiger partial charge in [-0.3, -0.25) is 0 Å². The zero-order chi connectivity index (χ0) is 15.5. The molecule has 0 saturated carbocycles. The number of para-hydroxylation sites is 1. The average molecular weight is 301 g/mol. The molecule has 1 aromatic rings. The van der Waals surface area contributed by atoms with Crippen LogP contribution in [0.25, 0.3) is 0 Å². The second kappa shape index (κ2) is 6.68. The van der Waals surface area contributed by atoms with E-state index < -0.39 is 12.2 Å². The second-order valence-corrected chi connectivity index (χ2v) is 5.39. The molecule has 0 aliphatic carbocycles. The van der Waals surface area contributed by atoms with Crippen molar-refractivity contribution in [1.82, 2.24) is 5.32 Å². The number of hydrogen-bond acceptors (Lipinski definition) is 4. The molecule has 0 radical (unpaired) electrons. The highest BCUT2D eigenvalue weighted by atomic mass is 19.3. The van der Waals surface area contributed by atoms with Gasteiger partial charge in [-0.1, -0.05) is 18.2 Å². The molecule has 1 aliphatic rings. The van der Waals surface area contributed by atoms with E-state index in [1.165, 1.54) is 6.07 Å². The van der Waals surface area contributed by atoms with Crippen LogP contribution in [-0.4, -0.2) is 36.6 Å². The highest BCUT2D eigenvalue weighted by Gasteiger charge is 2.39. The molecule has 3 atom stereocenters. The van der Waals surface area contributed by atoms with Gasteiger partial charge >= 0.3 is 6.61 Å². The number of nitrogens with one attached hydrogen (secondary N) is 1. The van der Waals surface area contributed by atoms with Gasteiger partial charge in [0, 0.05) is 31.2 Å². The SMILES string of the molecule is CC(NCC1(O)CCOC1C)c1ccccc1OC(F)F. The Morgan fingerprint density at radius 3 is 2.81 bits per heavy atom. The van der Waals surface area contributed by atoms with Gasteiger partial charge in [0.25, 0.3) is 0 Å². The van der Waals surface area contributed by atoms with Gasteiger partial charge in [0.2, 0.25) is 0 Å². The van der Waals surface area contributed by atoms with E-state index >= 15 is 0 Å². The van der Waals surface area contributed by atoms with E-state index in [1.54, 1.807) is 18.2 Å². The van der Waals surface area contributed by atoms with Crippen LogP contribution >= 0.6 is 0 Å². The van der Waals surface area contributed by atoms with Gasteiger partial charge in [-0.2, -0.15) is 8.78 Å². The predicted octanol–water partition coefficient (Wildman–Crippen LogP) is 2.48. The smallest absolute Gasteiger partial charge is 0.387 e. The lowest BCUT2D eigenvalue weighted by Gasteiger charge is -2.28. The van der Waals surface area contributed by atoms with E-state index in [1.807, 2.05) is 13.8 Å². The minimum absolute atomic E-state index is 0.148. The Hall–Kier alpha value is -1.24. The van der Waals surface area contributed by atoms with Crippen LogP contribution in [0.15, 0.2) is 24.3 Å². The van der Waals surface area contributed by atoms with Crippen molar-refractivity contribution in [2.75, 3.05) is 13.2 Å². The molecule has 1 fully saturated rings. The highest BCUT2D eigenvalue weighted by molar-refractivity contribution is 5.35. The maximum Gasteiger partial charge on any atom is 0.387 e. The van der Waals surface area contributed by atoms with Crippen LogP contribution in [0.5, 0.6) is 5.75 Å². The van der Waals surface area contributed by atoms with Crippen LogP contribution in [0.3, 0.4) is 0 Å². The van der Waals surface area contributed by atoms with Crippen molar-refractivity contribution in [1.29, 1.82) is 0 Å². The molecule has 1 aromatic carbocycles. The van der Waals surface area contributed by atoms with Crippen LogP contribution in [0.4, 0.5) is 8.78 Å². The lowest BCUT2D eigenvalue weighted by molar-refractivity contribution is -0.0509. The summed E-state index contributed by atoms with van der Waals surface area (Å²) in [5.74, 6) is 0.148. The Morgan fingerprint density at radius 1 is 1.48 bits per heavy atom. The van der Waals surface area contributed by atoms with Crippen molar-refractivity contribution in [3.63, 3.8) is 0 Å². The third kappa shape index (κ3) is 3.90. The highest BCUT2D eigenvalue weighted by Crippen LogP contribution is 2.29. The number of aliphatic hydroxyl groups is 1. The Morgan fingerprint density at radius 2 is 2.19 bits per heavy atom. The van der Waals surface area contributed by atoms with E-state index in [2.05, 4.69) is 10.1 Å². The van der Waals surface area contributed by atoms with E-state index in [0.29, 0.717) is 25.1 Å². The van der Waals surface area contributed by atoms with E-state index in [4.69, 9.17) is 4.74 Å². The lowest BCUT2D eigenvalue weighted by atomic mass is 9.96. The summed E-state index contributed by atoms with van der Waals surface area (Å²) in [6.45, 7) is 1.67. The minimum Gasteiger partial charge on any atom is -0.434 e. The fourth-order valence-electron chi connectivity index (χ4n) is 2.48. The zero-order valence-corrected chi connectivity index (χ0v) is 12.2. The summed E-state index contributed by atoms with van der Waals surface area (Å²) in [6, 6.07) is 6.43. The molecule has 2 rings (SSSR count). The molecule has 0 bridgehead atoms. The van der Waals surface area contributed by atoms with Crippen molar-refractivity contribution >= 4 is 0 Å². The summed E-state index contributed by atoms with van der Waals surface area (Å²) in [7, 11) is 0. The van der Waals surface area contributed by atoms with E-state index in [9.17, 15) is 13.9 Å². The minimum atomic E-state index is -2.86. The van der Waals surface area contributed by atoms with Crippen molar-refractivity contribution in [3.05, 3.63) is 29.8 Å². The first-order valence-corrected chi connectivity index (χ1v) is 7.03. The predicted molar refractivity (Wildman–Crippen MR) is 74.5 cm³/mol. The first kappa shape index (κ1) is 16.1. The van der Waals surface area contributed by atoms with Gasteiger partial charge in [0.15, 0.2) is 0 Å². The monoisotopic (exact) mass is 301 g/mol. The molecule has 0 aromatic heterocycles. The Kier molecular flexibility index (Phi) is 5.13. The summed E-state index contributed by atoms with van der Waals surface area (Å²) in [5.41, 5.74) is -0.291. The lowest BCUT2D eigenvalue weighted by Crippen LogP contribution is -2.46. The number of halogens is 2. The van der Waals surface area contributed by atoms with Gasteiger partial charge in [0.1, 0.15) is 11.4 Å². The molecule has 2 N–H and O–H groups in total. The summed E-state index contributed by atoms with van der Waals surface area (Å²) in [5, 5.41) is 13.6. The van der Waals surface area contributed by atoms with Gasteiger partial charge in [-0.15, -0.1) is 0 Å². The molecule has 4 nitrogen and oxygen atoms in total. The van der Waals surface area contributed by atoms with Crippen molar-refractivity contribution < 1.29 is 23.4 Å². The van der Waals surface area contributed by atoms with Crippen LogP contribution in [0.1, 0.15) is 31.9 Å². The molecule has 3 unspecified atom stereocenters. The number of rotatable bonds is 6. The van der Waals surface area contributed by atoms with E-state index in [0.717, 1.165) is 0 Å². The molecule has 1 saturated heterocycles. The fourth-order valence-corrected chi connectivity index (χ4v) is 2.48. The molecule has 1 aliphatic heterocycles. The Balaban J connectivity index is 2.02. The maximum atomic E-state index is 12.4. The standard InChI is InChI=1S/C15H21F2NO3/c1-10(18-9-15(19)7-8-20-11(15)2)12-5-3-4-6-13(12)21-14(16)17/h3-6,10-11,14,18-19H,7-9H2,1-2H3. The van der Waals surface area contributed by atoms with Gasteiger partial charge < -0.3 is 19.9 Å². The molecule has 6 heteroatoms. The summed E-state index contributed by atoms with van der Waals surface area (Å²) >= 11 is 0. The number of ether oxygens (including phenoxy) is 2. The van der Waals surface area contributed by atoms with Crippen molar-refractivity contribution in [3.8, 4) is 5.75 Å². The van der Waals surface area contributed by atoms with Crippen molar-refractivity contribution in [2.24, 2.45) is 0 Å². The van der Waals surface area contributed by atoms with Crippen LogP contribution in [-0.2, 0) is 4.74 Å². The molecule has 21 heavy (non-hydrogen) atoms. The first-order chi connectivity index (χ1) is 9.92. The second-order valence-electron chi connectivity index (χ2n) is 5.39. The van der Waals surface area contributed by atoms with Gasteiger partial charge in [-0.25, -0.2) is 0 Å². The summed E-state index contributed by atoms with van der Waals surface area (Å²) < 4.78 is 34.7. The maximum absolute atomic E-state index is 12.4. The largest absolute Gasteiger partial charge is 0.434 e. The Labute approximate surface area is 123 Å². The molecular formula is C15H21F2NO3. The zero-order valence-electron chi connectivity index (χ0n) is 12.2. The summed E-state index contributed by atoms with van der Waals surface area (Å²) in [4.78, 5) is 0. The molecule has 0 spiro atoms. The number of benzene rings is 1. The van der Waals surface area contributed by atoms with Gasteiger partial charge in [0.05, 0.1) is 6.10 Å². The number of hydrogen-bond donors (Lipinski definition) is 2. The van der Waals surface area contributed by atoms with Crippen LogP contribution in [0, 0.1) is 0 Å². The van der Waals surface area contributed by atoms with Crippen LogP contribution < -0.4 is 10.1 Å². The molecule has 1 heterocycles. The third-order valence-electron chi connectivity index (χ3n) is 3.98. The first-order valence-electron chi connectivity index (χ1n) is 7.03. The summed E-state index contributed by atoms with van der Waals surface area (Å²) in [6.07, 6.45) is 0.313. The van der Waals surface area contributed by atoms with Crippen LogP contribution in [0.2, 0.25) is 0 Å². The topological polar surface area (TPSA) is 50.7 Å². The fraction of sp³-hybridized carbons (Fsp3) is 0.600. The Bertz CT molecular complexity index is 472. The molecule has 0 amide bonds. The number of alkyl halides is 2.